The van der Waals surface area contributed by atoms with Gasteiger partial charge in [-0.15, -0.1) is 0 Å². The van der Waals surface area contributed by atoms with Crippen molar-refractivity contribution >= 4 is 17.9 Å². The summed E-state index contributed by atoms with van der Waals surface area (Å²) in [6.07, 6.45) is 45.0. The normalized spacial score (nSPS) is 13.7. The van der Waals surface area contributed by atoms with Crippen molar-refractivity contribution in [1.82, 2.24) is 0 Å². The summed E-state index contributed by atoms with van der Waals surface area (Å²) in [5.74, 6) is -1.80. The molecule has 0 aromatic rings. The minimum Gasteiger partial charge on any atom is -0.544 e. The lowest BCUT2D eigenvalue weighted by molar-refractivity contribution is -0.889. The van der Waals surface area contributed by atoms with Gasteiger partial charge in [0.1, 0.15) is 12.6 Å². The van der Waals surface area contributed by atoms with Crippen molar-refractivity contribution in [2.24, 2.45) is 0 Å². The number of nitrogens with zero attached hydrogens (tertiary/aromatic N) is 1. The number of hydrogen-bond donors (Lipinski definition) is 0. The van der Waals surface area contributed by atoms with Crippen LogP contribution in [0.2, 0.25) is 0 Å². The molecule has 0 aromatic heterocycles. The van der Waals surface area contributed by atoms with E-state index in [0.29, 0.717) is 12.8 Å². The van der Waals surface area contributed by atoms with Gasteiger partial charge in [-0.3, -0.25) is 9.59 Å². The number of aliphatic carboxylic acids is 1. The van der Waals surface area contributed by atoms with E-state index in [1.807, 2.05) is 0 Å². The minimum absolute atomic E-state index is 0.0212. The number of hydrogen-bond acceptors (Lipinski definition) is 7. The van der Waals surface area contributed by atoms with E-state index in [-0.39, 0.29) is 49.1 Å². The molecule has 0 fully saturated rings. The molecule has 2 atom stereocenters. The number of rotatable bonds is 36. The number of quaternary nitrogens is 1. The van der Waals surface area contributed by atoms with Crippen molar-refractivity contribution in [3.8, 4) is 0 Å². The minimum atomic E-state index is -1.14. The summed E-state index contributed by atoms with van der Waals surface area (Å²) < 4.78 is 17.1. The molecule has 0 radical (unpaired) electrons. The standard InChI is InChI=1S/C46H77NO7/c1-6-8-10-12-14-16-18-19-20-21-22-23-24-25-27-28-30-32-34-36-44(48)53-41-42(40-52-39-38-43(46(50)51)47(3,4)5)54-45(49)37-35-33-31-29-26-17-15-13-11-9-7-2/h8,10,13-17,19-20,22-23,26,42-43H,6-7,9,11-12,18,21,24-25,27-41H2,1-5H3/b10-8+,15-13+,16-14+,20-19+,23-22+,26-17+. The molecule has 54 heavy (non-hydrogen) atoms. The predicted octanol–water partition coefficient (Wildman–Crippen LogP) is 9.85. The zero-order chi connectivity index (χ0) is 40.0. The fourth-order valence-electron chi connectivity index (χ4n) is 5.57. The second kappa shape index (κ2) is 36.7. The maximum absolute atomic E-state index is 12.6. The van der Waals surface area contributed by atoms with Gasteiger partial charge in [0.05, 0.1) is 40.3 Å². The Kier molecular flexibility index (Phi) is 34.5. The van der Waals surface area contributed by atoms with Gasteiger partial charge >= 0.3 is 11.9 Å². The van der Waals surface area contributed by atoms with Gasteiger partial charge in [0.25, 0.3) is 0 Å². The van der Waals surface area contributed by atoms with Crippen LogP contribution in [0.25, 0.3) is 0 Å². The van der Waals surface area contributed by atoms with E-state index in [1.165, 1.54) is 25.7 Å². The molecule has 8 heteroatoms. The molecule has 0 saturated heterocycles. The van der Waals surface area contributed by atoms with E-state index in [9.17, 15) is 19.5 Å². The Bertz CT molecular complexity index is 1110. The van der Waals surface area contributed by atoms with Crippen LogP contribution in [0.15, 0.2) is 72.9 Å². The highest BCUT2D eigenvalue weighted by Gasteiger charge is 2.25. The summed E-state index contributed by atoms with van der Waals surface area (Å²) in [5.41, 5.74) is 0. The van der Waals surface area contributed by atoms with Crippen LogP contribution < -0.4 is 5.11 Å². The van der Waals surface area contributed by atoms with Gasteiger partial charge < -0.3 is 28.6 Å². The lowest BCUT2D eigenvalue weighted by Gasteiger charge is -2.34. The van der Waals surface area contributed by atoms with Crippen molar-refractivity contribution in [2.75, 3.05) is 41.0 Å². The highest BCUT2D eigenvalue weighted by atomic mass is 16.6. The molecule has 0 bridgehead atoms. The van der Waals surface area contributed by atoms with Gasteiger partial charge in [0.15, 0.2) is 6.10 Å². The van der Waals surface area contributed by atoms with Crippen LogP contribution in [0.1, 0.15) is 149 Å². The lowest BCUT2D eigenvalue weighted by Crippen LogP contribution is -2.55. The number of allylic oxidation sites excluding steroid dienone is 12. The number of likely N-dealkylation sites (N-methyl/N-ethyl adjacent to an activating group) is 1. The summed E-state index contributed by atoms with van der Waals surface area (Å²) in [5, 5.41) is 11.6. The first-order chi connectivity index (χ1) is 26.1. The van der Waals surface area contributed by atoms with Crippen LogP contribution in [-0.4, -0.2) is 75.5 Å². The molecule has 0 amide bonds. The van der Waals surface area contributed by atoms with Gasteiger partial charge in [-0.05, 0) is 70.6 Å². The Hall–Kier alpha value is -3.23. The maximum Gasteiger partial charge on any atom is 0.306 e. The average molecular weight is 756 g/mol. The molecule has 0 aliphatic heterocycles. The van der Waals surface area contributed by atoms with E-state index in [1.54, 1.807) is 21.1 Å². The quantitative estimate of drug-likeness (QED) is 0.0206. The third kappa shape index (κ3) is 34.5. The number of ether oxygens (including phenoxy) is 3. The van der Waals surface area contributed by atoms with E-state index in [4.69, 9.17) is 14.2 Å². The van der Waals surface area contributed by atoms with Gasteiger partial charge in [-0.2, -0.15) is 0 Å². The molecule has 0 saturated carbocycles. The molecule has 0 aliphatic rings. The van der Waals surface area contributed by atoms with Crippen molar-refractivity contribution in [2.45, 2.75) is 161 Å². The molecular weight excluding hydrogens is 679 g/mol. The predicted molar refractivity (Wildman–Crippen MR) is 222 cm³/mol. The van der Waals surface area contributed by atoms with Gasteiger partial charge in [-0.1, -0.05) is 132 Å². The molecule has 2 unspecified atom stereocenters. The van der Waals surface area contributed by atoms with Gasteiger partial charge in [-0.25, -0.2) is 0 Å². The van der Waals surface area contributed by atoms with Crippen LogP contribution in [0.5, 0.6) is 0 Å². The molecule has 0 N–H and O–H groups in total. The van der Waals surface area contributed by atoms with E-state index < -0.39 is 18.1 Å². The van der Waals surface area contributed by atoms with Crippen LogP contribution in [0.3, 0.4) is 0 Å². The Morgan fingerprint density at radius 1 is 0.593 bits per heavy atom. The topological polar surface area (TPSA) is 102 Å². The first kappa shape index (κ1) is 50.8. The summed E-state index contributed by atoms with van der Waals surface area (Å²) in [6.45, 7) is 4.43. The third-order valence-corrected chi connectivity index (χ3v) is 8.85. The van der Waals surface area contributed by atoms with Crippen molar-refractivity contribution in [3.05, 3.63) is 72.9 Å². The van der Waals surface area contributed by atoms with Crippen LogP contribution in [-0.2, 0) is 28.6 Å². The third-order valence-electron chi connectivity index (χ3n) is 8.85. The summed E-state index contributed by atoms with van der Waals surface area (Å²) in [4.78, 5) is 36.7. The van der Waals surface area contributed by atoms with Crippen molar-refractivity contribution < 1.29 is 38.2 Å². The van der Waals surface area contributed by atoms with E-state index in [0.717, 1.165) is 83.5 Å². The number of carboxylic acid groups (broad SMARTS) is 1. The van der Waals surface area contributed by atoms with Crippen molar-refractivity contribution in [1.29, 1.82) is 0 Å². The van der Waals surface area contributed by atoms with Crippen LogP contribution >= 0.6 is 0 Å². The molecular formula is C46H77NO7. The summed E-state index contributed by atoms with van der Waals surface area (Å²) in [7, 11) is 5.38. The molecule has 0 spiro atoms. The molecule has 8 nitrogen and oxygen atoms in total. The maximum atomic E-state index is 12.6. The highest BCUT2D eigenvalue weighted by Crippen LogP contribution is 2.12. The van der Waals surface area contributed by atoms with E-state index in [2.05, 4.69) is 86.8 Å². The Balaban J connectivity index is 4.39. The monoisotopic (exact) mass is 756 g/mol. The number of carboxylic acids is 1. The van der Waals surface area contributed by atoms with Gasteiger partial charge in [0.2, 0.25) is 0 Å². The summed E-state index contributed by atoms with van der Waals surface area (Å²) in [6, 6.07) is -0.735. The number of unbranched alkanes of at least 4 members (excludes halogenated alkanes) is 11. The van der Waals surface area contributed by atoms with Crippen molar-refractivity contribution in [3.63, 3.8) is 0 Å². The Morgan fingerprint density at radius 2 is 1.09 bits per heavy atom. The zero-order valence-corrected chi connectivity index (χ0v) is 34.9. The molecule has 0 rings (SSSR count). The van der Waals surface area contributed by atoms with E-state index >= 15 is 0 Å². The number of esters is 2. The molecule has 0 heterocycles. The Labute approximate surface area is 330 Å². The van der Waals surface area contributed by atoms with Crippen LogP contribution in [0, 0.1) is 0 Å². The first-order valence-corrected chi connectivity index (χ1v) is 21.0. The molecule has 0 aromatic carbocycles. The lowest BCUT2D eigenvalue weighted by atomic mass is 10.1. The molecule has 0 aliphatic carbocycles. The fraction of sp³-hybridized carbons (Fsp3) is 0.674. The SMILES string of the molecule is CC/C=C/C/C=C/C/C=C/C/C=C/CCCCCCCCC(=O)OCC(COCCC(C(=O)[O-])[N+](C)(C)C)OC(=O)CCCCC/C=C/C=C/CCCC. The average Bonchev–Trinajstić information content (AvgIpc) is 3.12. The Morgan fingerprint density at radius 3 is 1.67 bits per heavy atom. The molecule has 308 valence electrons. The van der Waals surface area contributed by atoms with Gasteiger partial charge in [0, 0.05) is 19.3 Å². The second-order valence-corrected chi connectivity index (χ2v) is 14.9. The largest absolute Gasteiger partial charge is 0.544 e. The highest BCUT2D eigenvalue weighted by molar-refractivity contribution is 5.70. The number of carbonyl (C=O) groups excluding carboxylic acids is 3. The van der Waals surface area contributed by atoms with Crippen LogP contribution in [0.4, 0.5) is 0 Å². The fourth-order valence-corrected chi connectivity index (χ4v) is 5.57. The zero-order valence-electron chi connectivity index (χ0n) is 34.9. The second-order valence-electron chi connectivity index (χ2n) is 14.9. The summed E-state index contributed by atoms with van der Waals surface area (Å²) >= 11 is 0. The smallest absolute Gasteiger partial charge is 0.306 e. The number of carbonyl (C=O) groups is 3. The first-order valence-electron chi connectivity index (χ1n) is 21.0.